The van der Waals surface area contributed by atoms with Crippen LogP contribution in [-0.2, 0) is 9.53 Å². The first-order valence-corrected chi connectivity index (χ1v) is 9.79. The topological polar surface area (TPSA) is 68.8 Å². The van der Waals surface area contributed by atoms with Gasteiger partial charge in [0.05, 0.1) is 25.4 Å². The number of carbonyl (C=O) groups is 1. The Bertz CT molecular complexity index is 704. The number of ether oxygens (including phenoxy) is 3. The van der Waals surface area contributed by atoms with Crippen molar-refractivity contribution >= 4 is 17.3 Å². The summed E-state index contributed by atoms with van der Waals surface area (Å²) in [5.74, 6) is 1.31. The van der Waals surface area contributed by atoms with Crippen molar-refractivity contribution in [3.8, 4) is 11.5 Å². The fourth-order valence-electron chi connectivity index (χ4n) is 2.43. The van der Waals surface area contributed by atoms with Crippen LogP contribution in [0.4, 0.5) is 11.4 Å². The Hall–Kier alpha value is -2.73. The van der Waals surface area contributed by atoms with Crippen molar-refractivity contribution < 1.29 is 19.0 Å². The first kappa shape index (κ1) is 21.6. The number of amides is 1. The Balaban J connectivity index is 1.79. The van der Waals surface area contributed by atoms with E-state index in [1.807, 2.05) is 55.5 Å². The summed E-state index contributed by atoms with van der Waals surface area (Å²) >= 11 is 0. The molecule has 0 spiro atoms. The van der Waals surface area contributed by atoms with Gasteiger partial charge in [-0.05, 0) is 49.7 Å². The molecule has 6 heteroatoms. The second-order valence-electron chi connectivity index (χ2n) is 6.17. The summed E-state index contributed by atoms with van der Waals surface area (Å²) in [7, 11) is 0. The predicted octanol–water partition coefficient (Wildman–Crippen LogP) is 4.33. The first-order valence-electron chi connectivity index (χ1n) is 9.79. The highest BCUT2D eigenvalue weighted by molar-refractivity contribution is 5.95. The van der Waals surface area contributed by atoms with Crippen molar-refractivity contribution in [1.82, 2.24) is 0 Å². The second kappa shape index (κ2) is 12.6. The van der Waals surface area contributed by atoms with Gasteiger partial charge in [-0.2, -0.15) is 0 Å². The maximum atomic E-state index is 12.3. The molecule has 0 aliphatic rings. The molecule has 0 aliphatic heterocycles. The van der Waals surface area contributed by atoms with Crippen LogP contribution in [0.1, 0.15) is 26.7 Å². The van der Waals surface area contributed by atoms with E-state index in [0.717, 1.165) is 30.9 Å². The molecule has 2 N–H and O–H groups in total. The summed E-state index contributed by atoms with van der Waals surface area (Å²) in [5, 5.41) is 5.99. The van der Waals surface area contributed by atoms with Crippen LogP contribution >= 0.6 is 0 Å². The van der Waals surface area contributed by atoms with Crippen LogP contribution in [0.25, 0.3) is 0 Å². The molecule has 0 saturated heterocycles. The Morgan fingerprint density at radius 3 is 2.46 bits per heavy atom. The van der Waals surface area contributed by atoms with Crippen molar-refractivity contribution in [3.63, 3.8) is 0 Å². The summed E-state index contributed by atoms with van der Waals surface area (Å²) in [5.41, 5.74) is 1.50. The third-order valence-corrected chi connectivity index (χ3v) is 3.92. The minimum Gasteiger partial charge on any atom is -0.494 e. The average molecular weight is 386 g/mol. The third kappa shape index (κ3) is 7.88. The molecule has 0 aromatic heterocycles. The van der Waals surface area contributed by atoms with E-state index in [0.29, 0.717) is 31.3 Å². The fraction of sp³-hybridized carbons (Fsp3) is 0.409. The molecule has 0 unspecified atom stereocenters. The zero-order chi connectivity index (χ0) is 20.0. The molecule has 0 saturated carbocycles. The highest BCUT2D eigenvalue weighted by Crippen LogP contribution is 2.23. The van der Waals surface area contributed by atoms with Crippen LogP contribution in [0.3, 0.4) is 0 Å². The zero-order valence-electron chi connectivity index (χ0n) is 16.7. The van der Waals surface area contributed by atoms with Gasteiger partial charge in [-0.15, -0.1) is 0 Å². The Morgan fingerprint density at radius 1 is 0.929 bits per heavy atom. The zero-order valence-corrected chi connectivity index (χ0v) is 16.7. The maximum absolute atomic E-state index is 12.3. The summed E-state index contributed by atoms with van der Waals surface area (Å²) in [4.78, 5) is 12.3. The van der Waals surface area contributed by atoms with Gasteiger partial charge < -0.3 is 24.8 Å². The molecule has 0 fully saturated rings. The summed E-state index contributed by atoms with van der Waals surface area (Å²) in [6, 6.07) is 15.0. The predicted molar refractivity (Wildman–Crippen MR) is 112 cm³/mol. The molecule has 2 aromatic rings. The minimum atomic E-state index is -0.149. The van der Waals surface area contributed by atoms with Crippen molar-refractivity contribution in [2.75, 3.05) is 43.6 Å². The standard InChI is InChI=1S/C22H30N2O4/c1-3-5-14-27-19-12-10-18(11-13-19)23-17-22(25)24-20-8-6-7-9-21(20)28-16-15-26-4-2/h6-13,23H,3-5,14-17H2,1-2H3,(H,24,25). The van der Waals surface area contributed by atoms with Gasteiger partial charge in [-0.25, -0.2) is 0 Å². The first-order chi connectivity index (χ1) is 13.7. The largest absolute Gasteiger partial charge is 0.494 e. The van der Waals surface area contributed by atoms with Crippen LogP contribution in [0.2, 0.25) is 0 Å². The molecular formula is C22H30N2O4. The number of benzene rings is 2. The average Bonchev–Trinajstić information content (AvgIpc) is 2.72. The summed E-state index contributed by atoms with van der Waals surface area (Å²) in [6.45, 7) is 6.55. The number of carbonyl (C=O) groups excluding carboxylic acids is 1. The Labute approximate surface area is 167 Å². The van der Waals surface area contributed by atoms with E-state index in [-0.39, 0.29) is 12.5 Å². The number of hydrogen-bond acceptors (Lipinski definition) is 5. The highest BCUT2D eigenvalue weighted by Gasteiger charge is 2.08. The van der Waals surface area contributed by atoms with Crippen molar-refractivity contribution in [2.45, 2.75) is 26.7 Å². The van der Waals surface area contributed by atoms with Gasteiger partial charge in [0, 0.05) is 12.3 Å². The van der Waals surface area contributed by atoms with Gasteiger partial charge in [-0.1, -0.05) is 25.5 Å². The van der Waals surface area contributed by atoms with Gasteiger partial charge in [0.15, 0.2) is 0 Å². The summed E-state index contributed by atoms with van der Waals surface area (Å²) < 4.78 is 16.6. The van der Waals surface area contributed by atoms with E-state index in [4.69, 9.17) is 14.2 Å². The third-order valence-electron chi connectivity index (χ3n) is 3.92. The van der Waals surface area contributed by atoms with Crippen LogP contribution in [-0.4, -0.2) is 38.9 Å². The Kier molecular flexibility index (Phi) is 9.72. The molecule has 6 nitrogen and oxygen atoms in total. The normalized spacial score (nSPS) is 10.4. The molecule has 152 valence electrons. The second-order valence-corrected chi connectivity index (χ2v) is 6.17. The molecule has 0 radical (unpaired) electrons. The van der Waals surface area contributed by atoms with Gasteiger partial charge in [0.2, 0.25) is 5.91 Å². The molecule has 0 atom stereocenters. The summed E-state index contributed by atoms with van der Waals surface area (Å²) in [6.07, 6.45) is 2.15. The van der Waals surface area contributed by atoms with Crippen LogP contribution in [0.5, 0.6) is 11.5 Å². The lowest BCUT2D eigenvalue weighted by Crippen LogP contribution is -2.22. The van der Waals surface area contributed by atoms with Crippen molar-refractivity contribution in [1.29, 1.82) is 0 Å². The van der Waals surface area contributed by atoms with Gasteiger partial charge >= 0.3 is 0 Å². The number of hydrogen-bond donors (Lipinski definition) is 2. The molecule has 0 bridgehead atoms. The highest BCUT2D eigenvalue weighted by atomic mass is 16.5. The number of para-hydroxylation sites is 2. The molecule has 28 heavy (non-hydrogen) atoms. The van der Waals surface area contributed by atoms with Gasteiger partial charge in [-0.3, -0.25) is 4.79 Å². The molecule has 0 heterocycles. The molecule has 2 rings (SSSR count). The van der Waals surface area contributed by atoms with E-state index in [1.54, 1.807) is 0 Å². The fourth-order valence-corrected chi connectivity index (χ4v) is 2.43. The smallest absolute Gasteiger partial charge is 0.243 e. The lowest BCUT2D eigenvalue weighted by molar-refractivity contribution is -0.114. The van der Waals surface area contributed by atoms with E-state index in [1.165, 1.54) is 0 Å². The number of unbranched alkanes of at least 4 members (excludes halogenated alkanes) is 1. The lowest BCUT2D eigenvalue weighted by Gasteiger charge is -2.13. The molecule has 2 aromatic carbocycles. The monoisotopic (exact) mass is 386 g/mol. The van der Waals surface area contributed by atoms with Crippen LogP contribution < -0.4 is 20.1 Å². The molecule has 0 aliphatic carbocycles. The number of nitrogens with one attached hydrogen (secondary N) is 2. The van der Waals surface area contributed by atoms with Crippen LogP contribution in [0, 0.1) is 0 Å². The molecule has 1 amide bonds. The Morgan fingerprint density at radius 2 is 1.71 bits per heavy atom. The molecular weight excluding hydrogens is 356 g/mol. The maximum Gasteiger partial charge on any atom is 0.243 e. The lowest BCUT2D eigenvalue weighted by atomic mass is 10.3. The number of anilines is 2. The van der Waals surface area contributed by atoms with Crippen molar-refractivity contribution in [3.05, 3.63) is 48.5 Å². The quantitative estimate of drug-likeness (QED) is 0.502. The SMILES string of the molecule is CCCCOc1ccc(NCC(=O)Nc2ccccc2OCCOCC)cc1. The number of rotatable bonds is 13. The van der Waals surface area contributed by atoms with Gasteiger partial charge in [0.1, 0.15) is 18.1 Å². The van der Waals surface area contributed by atoms with E-state index >= 15 is 0 Å². The van der Waals surface area contributed by atoms with Crippen LogP contribution in [0.15, 0.2) is 48.5 Å². The van der Waals surface area contributed by atoms with E-state index in [2.05, 4.69) is 17.6 Å². The van der Waals surface area contributed by atoms with Crippen molar-refractivity contribution in [2.24, 2.45) is 0 Å². The van der Waals surface area contributed by atoms with E-state index in [9.17, 15) is 4.79 Å². The van der Waals surface area contributed by atoms with E-state index < -0.39 is 0 Å². The minimum absolute atomic E-state index is 0.149. The van der Waals surface area contributed by atoms with Gasteiger partial charge in [0.25, 0.3) is 0 Å².